The number of amides is 2. The Labute approximate surface area is 196 Å². The molecule has 168 valence electrons. The average Bonchev–Trinajstić information content (AvgIpc) is 3.36. The van der Waals surface area contributed by atoms with Crippen LogP contribution in [0, 0.1) is 12.7 Å². The Morgan fingerprint density at radius 1 is 1.12 bits per heavy atom. The van der Waals surface area contributed by atoms with Crippen molar-refractivity contribution >= 4 is 29.3 Å². The molecule has 7 heteroatoms. The van der Waals surface area contributed by atoms with Gasteiger partial charge in [-0.1, -0.05) is 30.3 Å². The van der Waals surface area contributed by atoms with E-state index in [2.05, 4.69) is 0 Å². The van der Waals surface area contributed by atoms with Gasteiger partial charge in [0.25, 0.3) is 11.8 Å². The van der Waals surface area contributed by atoms with Crippen LogP contribution >= 0.6 is 11.8 Å². The molecule has 0 N–H and O–H groups in total. The highest BCUT2D eigenvalue weighted by Crippen LogP contribution is 2.55. The number of halogens is 1. The van der Waals surface area contributed by atoms with Gasteiger partial charge in [0.1, 0.15) is 11.6 Å². The second-order valence-electron chi connectivity index (χ2n) is 8.16. The van der Waals surface area contributed by atoms with Crippen LogP contribution in [0.3, 0.4) is 0 Å². The standard InChI is InChI=1S/C26H23FN2O3S/c1-17-6-3-4-7-19(17)16-28-23-11-10-21(32-2)15-22(23)26(25(28)31)29(12-13-33-26)24(30)18-8-5-9-20(27)14-18/h3-11,14-15H,12-13,16H2,1-2H3. The highest BCUT2D eigenvalue weighted by molar-refractivity contribution is 8.01. The van der Waals surface area contributed by atoms with E-state index in [1.54, 1.807) is 23.0 Å². The molecule has 1 atom stereocenters. The molecule has 5 nitrogen and oxygen atoms in total. The van der Waals surface area contributed by atoms with Crippen LogP contribution in [0.2, 0.25) is 0 Å². The van der Waals surface area contributed by atoms with Crippen molar-refractivity contribution in [2.24, 2.45) is 0 Å². The second-order valence-corrected chi connectivity index (χ2v) is 9.45. The fourth-order valence-electron chi connectivity index (χ4n) is 4.61. The van der Waals surface area contributed by atoms with Crippen LogP contribution in [-0.2, 0) is 16.2 Å². The van der Waals surface area contributed by atoms with Crippen molar-refractivity contribution in [3.05, 3.63) is 94.8 Å². The van der Waals surface area contributed by atoms with E-state index in [0.29, 0.717) is 24.6 Å². The summed E-state index contributed by atoms with van der Waals surface area (Å²) < 4.78 is 19.3. The third-order valence-electron chi connectivity index (χ3n) is 6.31. The molecular formula is C26H23FN2O3S. The number of aryl methyl sites for hydroxylation is 1. The lowest BCUT2D eigenvalue weighted by atomic mass is 10.0. The number of rotatable bonds is 4. The maximum atomic E-state index is 14.1. The molecule has 1 unspecified atom stereocenters. The Morgan fingerprint density at radius 2 is 1.94 bits per heavy atom. The summed E-state index contributed by atoms with van der Waals surface area (Å²) in [4.78, 5) is 29.8. The molecular weight excluding hydrogens is 439 g/mol. The minimum atomic E-state index is -1.21. The van der Waals surface area contributed by atoms with E-state index in [1.165, 1.54) is 30.0 Å². The van der Waals surface area contributed by atoms with Crippen LogP contribution in [0.15, 0.2) is 66.7 Å². The fourth-order valence-corrected chi connectivity index (χ4v) is 6.07. The van der Waals surface area contributed by atoms with E-state index in [9.17, 15) is 14.0 Å². The predicted octanol–water partition coefficient (Wildman–Crippen LogP) is 4.73. The second kappa shape index (κ2) is 8.23. The topological polar surface area (TPSA) is 49.9 Å². The van der Waals surface area contributed by atoms with Gasteiger partial charge in [0.05, 0.1) is 19.3 Å². The Bertz CT molecular complexity index is 1260. The van der Waals surface area contributed by atoms with E-state index in [4.69, 9.17) is 4.74 Å². The molecule has 3 aromatic carbocycles. The van der Waals surface area contributed by atoms with Gasteiger partial charge in [0.15, 0.2) is 4.87 Å². The number of benzene rings is 3. The van der Waals surface area contributed by atoms with Gasteiger partial charge in [-0.2, -0.15) is 0 Å². The van der Waals surface area contributed by atoms with Crippen molar-refractivity contribution in [3.8, 4) is 5.75 Å². The normalized spacial score (nSPS) is 19.3. The summed E-state index contributed by atoms with van der Waals surface area (Å²) in [6.45, 7) is 2.81. The van der Waals surface area contributed by atoms with Crippen molar-refractivity contribution in [2.75, 3.05) is 24.3 Å². The zero-order valence-corrected chi connectivity index (χ0v) is 19.2. The van der Waals surface area contributed by atoms with Crippen molar-refractivity contribution < 1.29 is 18.7 Å². The molecule has 0 aliphatic carbocycles. The molecule has 0 aromatic heterocycles. The van der Waals surface area contributed by atoms with Crippen molar-refractivity contribution in [3.63, 3.8) is 0 Å². The zero-order valence-electron chi connectivity index (χ0n) is 18.4. The molecule has 0 bridgehead atoms. The monoisotopic (exact) mass is 462 g/mol. The van der Waals surface area contributed by atoms with E-state index >= 15 is 0 Å². The molecule has 33 heavy (non-hydrogen) atoms. The minimum Gasteiger partial charge on any atom is -0.497 e. The van der Waals surface area contributed by atoms with Gasteiger partial charge in [-0.25, -0.2) is 4.39 Å². The summed E-state index contributed by atoms with van der Waals surface area (Å²) in [5.74, 6) is 0.203. The Balaban J connectivity index is 1.63. The molecule has 2 amide bonds. The van der Waals surface area contributed by atoms with Crippen molar-refractivity contribution in [2.45, 2.75) is 18.3 Å². The molecule has 2 aliphatic rings. The van der Waals surface area contributed by atoms with Gasteiger partial charge in [0, 0.05) is 23.4 Å². The lowest BCUT2D eigenvalue weighted by Gasteiger charge is -2.33. The van der Waals surface area contributed by atoms with Crippen LogP contribution in [0.4, 0.5) is 10.1 Å². The molecule has 1 spiro atoms. The zero-order chi connectivity index (χ0) is 23.2. The maximum absolute atomic E-state index is 14.1. The third kappa shape index (κ3) is 3.38. The van der Waals surface area contributed by atoms with Crippen LogP contribution < -0.4 is 9.64 Å². The van der Waals surface area contributed by atoms with E-state index in [1.807, 2.05) is 49.4 Å². The van der Waals surface area contributed by atoms with Gasteiger partial charge < -0.3 is 14.5 Å². The third-order valence-corrected chi connectivity index (χ3v) is 7.73. The number of fused-ring (bicyclic) bond motifs is 2. The molecule has 2 heterocycles. The number of nitrogens with zero attached hydrogens (tertiary/aromatic N) is 2. The maximum Gasteiger partial charge on any atom is 0.268 e. The molecule has 2 aliphatic heterocycles. The smallest absolute Gasteiger partial charge is 0.268 e. The lowest BCUT2D eigenvalue weighted by Crippen LogP contribution is -2.50. The molecule has 5 rings (SSSR count). The Hall–Kier alpha value is -3.32. The highest BCUT2D eigenvalue weighted by atomic mass is 32.2. The highest BCUT2D eigenvalue weighted by Gasteiger charge is 2.59. The Morgan fingerprint density at radius 3 is 2.70 bits per heavy atom. The fraction of sp³-hybridized carbons (Fsp3) is 0.231. The number of ether oxygens (including phenoxy) is 1. The van der Waals surface area contributed by atoms with Crippen LogP contribution in [0.1, 0.15) is 27.0 Å². The molecule has 1 fully saturated rings. The quantitative estimate of drug-likeness (QED) is 0.563. The van der Waals surface area contributed by atoms with Crippen LogP contribution in [0.5, 0.6) is 5.75 Å². The number of carbonyl (C=O) groups excluding carboxylic acids is 2. The molecule has 1 saturated heterocycles. The number of hydrogen-bond donors (Lipinski definition) is 0. The number of thioether (sulfide) groups is 1. The predicted molar refractivity (Wildman–Crippen MR) is 127 cm³/mol. The van der Waals surface area contributed by atoms with Gasteiger partial charge in [-0.15, -0.1) is 11.8 Å². The summed E-state index contributed by atoms with van der Waals surface area (Å²) in [5, 5.41) is 0. The van der Waals surface area contributed by atoms with Gasteiger partial charge in [-0.3, -0.25) is 9.59 Å². The van der Waals surface area contributed by atoms with Gasteiger partial charge >= 0.3 is 0 Å². The lowest BCUT2D eigenvalue weighted by molar-refractivity contribution is -0.123. The first-order valence-electron chi connectivity index (χ1n) is 10.7. The number of carbonyl (C=O) groups is 2. The summed E-state index contributed by atoms with van der Waals surface area (Å²) in [6, 6.07) is 19.1. The van der Waals surface area contributed by atoms with E-state index in [-0.39, 0.29) is 17.4 Å². The summed E-state index contributed by atoms with van der Waals surface area (Å²) in [5.41, 5.74) is 3.85. The molecule has 0 saturated carbocycles. The summed E-state index contributed by atoms with van der Waals surface area (Å²) >= 11 is 1.44. The van der Waals surface area contributed by atoms with E-state index < -0.39 is 10.7 Å². The first-order chi connectivity index (χ1) is 16.0. The van der Waals surface area contributed by atoms with Crippen LogP contribution in [-0.4, -0.2) is 36.1 Å². The van der Waals surface area contributed by atoms with Gasteiger partial charge in [0.2, 0.25) is 0 Å². The Kier molecular flexibility index (Phi) is 5.37. The van der Waals surface area contributed by atoms with Crippen molar-refractivity contribution in [1.29, 1.82) is 0 Å². The van der Waals surface area contributed by atoms with Crippen molar-refractivity contribution in [1.82, 2.24) is 4.90 Å². The summed E-state index contributed by atoms with van der Waals surface area (Å²) in [7, 11) is 1.58. The number of methoxy groups -OCH3 is 1. The summed E-state index contributed by atoms with van der Waals surface area (Å²) in [6.07, 6.45) is 0. The number of anilines is 1. The largest absolute Gasteiger partial charge is 0.497 e. The number of hydrogen-bond acceptors (Lipinski definition) is 4. The SMILES string of the molecule is COc1ccc2c(c1)C1(SCCN1C(=O)c1cccc(F)c1)C(=O)N2Cc1ccccc1C. The molecule has 3 aromatic rings. The molecule has 0 radical (unpaired) electrons. The first kappa shape index (κ1) is 21.5. The minimum absolute atomic E-state index is 0.166. The van der Waals surface area contributed by atoms with E-state index in [0.717, 1.165) is 22.4 Å². The van der Waals surface area contributed by atoms with Crippen LogP contribution in [0.25, 0.3) is 0 Å². The first-order valence-corrected chi connectivity index (χ1v) is 11.7. The average molecular weight is 463 g/mol. The van der Waals surface area contributed by atoms with Gasteiger partial charge in [-0.05, 0) is 54.4 Å².